The Labute approximate surface area is 114 Å². The quantitative estimate of drug-likeness (QED) is 0.662. The van der Waals surface area contributed by atoms with Crippen molar-refractivity contribution in [3.8, 4) is 0 Å². The van der Waals surface area contributed by atoms with Crippen LogP contribution in [0.4, 0.5) is 0 Å². The molecule has 0 saturated carbocycles. The van der Waals surface area contributed by atoms with Crippen molar-refractivity contribution in [1.29, 1.82) is 0 Å². The van der Waals surface area contributed by atoms with Crippen LogP contribution in [-0.4, -0.2) is 57.6 Å². The molecule has 0 spiro atoms. The van der Waals surface area contributed by atoms with E-state index in [4.69, 9.17) is 9.47 Å². The first-order chi connectivity index (χ1) is 8.92. The number of carbonyl (C=O) groups excluding carboxylic acids is 1. The molecule has 1 N–H and O–H groups in total. The Balaban J connectivity index is 2.68. The van der Waals surface area contributed by atoms with Gasteiger partial charge >= 0.3 is 5.97 Å². The maximum atomic E-state index is 12.1. The number of carbonyl (C=O) groups is 1. The van der Waals surface area contributed by atoms with Crippen LogP contribution >= 0.6 is 0 Å². The number of esters is 1. The highest BCUT2D eigenvalue weighted by atomic mass is 32.2. The number of hydrogen-bond donors (Lipinski definition) is 1. The van der Waals surface area contributed by atoms with Gasteiger partial charge in [-0.1, -0.05) is 0 Å². The van der Waals surface area contributed by atoms with E-state index in [9.17, 15) is 13.2 Å². The van der Waals surface area contributed by atoms with Gasteiger partial charge in [-0.3, -0.25) is 4.79 Å². The van der Waals surface area contributed by atoms with Crippen molar-refractivity contribution in [2.24, 2.45) is 0 Å². The van der Waals surface area contributed by atoms with Gasteiger partial charge < -0.3 is 9.47 Å². The summed E-state index contributed by atoms with van der Waals surface area (Å²) >= 11 is 0. The van der Waals surface area contributed by atoms with Crippen LogP contribution in [0.3, 0.4) is 0 Å². The Morgan fingerprint density at radius 3 is 2.79 bits per heavy atom. The highest BCUT2D eigenvalue weighted by Crippen LogP contribution is 2.21. The molecule has 1 aliphatic rings. The smallest absolute Gasteiger partial charge is 0.324 e. The van der Waals surface area contributed by atoms with Gasteiger partial charge in [0.15, 0.2) is 0 Å². The number of methoxy groups -OCH3 is 1. The third kappa shape index (κ3) is 4.41. The highest BCUT2D eigenvalue weighted by molar-refractivity contribution is 7.87. The predicted molar refractivity (Wildman–Crippen MR) is 69.8 cm³/mol. The van der Waals surface area contributed by atoms with Gasteiger partial charge in [-0.25, -0.2) is 0 Å². The molecular weight excluding hydrogens is 272 g/mol. The van der Waals surface area contributed by atoms with Gasteiger partial charge in [0.05, 0.1) is 12.7 Å². The first kappa shape index (κ1) is 16.4. The zero-order valence-electron chi connectivity index (χ0n) is 11.6. The van der Waals surface area contributed by atoms with E-state index in [1.807, 2.05) is 0 Å². The molecular formula is C11H22N2O5S. The van der Waals surface area contributed by atoms with Crippen molar-refractivity contribution >= 4 is 16.2 Å². The summed E-state index contributed by atoms with van der Waals surface area (Å²) in [5.74, 6) is -0.481. The normalized spacial score (nSPS) is 22.4. The summed E-state index contributed by atoms with van der Waals surface area (Å²) in [6, 6.07) is -0.713. The molecule has 8 heteroatoms. The van der Waals surface area contributed by atoms with Gasteiger partial charge in [-0.2, -0.15) is 17.4 Å². The van der Waals surface area contributed by atoms with Crippen molar-refractivity contribution in [3.63, 3.8) is 0 Å². The van der Waals surface area contributed by atoms with Crippen LogP contribution in [0.1, 0.15) is 26.7 Å². The largest absolute Gasteiger partial charge is 0.465 e. The number of hydrogen-bond acceptors (Lipinski definition) is 5. The van der Waals surface area contributed by atoms with Gasteiger partial charge in [0.2, 0.25) is 0 Å². The molecule has 1 saturated heterocycles. The third-order valence-corrected chi connectivity index (χ3v) is 4.61. The molecule has 0 aliphatic carbocycles. The lowest BCUT2D eigenvalue weighted by atomic mass is 10.2. The fourth-order valence-electron chi connectivity index (χ4n) is 1.89. The van der Waals surface area contributed by atoms with Crippen molar-refractivity contribution in [1.82, 2.24) is 9.03 Å². The van der Waals surface area contributed by atoms with Crippen molar-refractivity contribution in [3.05, 3.63) is 0 Å². The number of ether oxygens (including phenoxy) is 2. The summed E-state index contributed by atoms with van der Waals surface area (Å²) in [7, 11) is -2.17. The highest BCUT2D eigenvalue weighted by Gasteiger charge is 2.39. The molecule has 0 aromatic heterocycles. The molecule has 0 radical (unpaired) electrons. The van der Waals surface area contributed by atoms with Gasteiger partial charge in [0.25, 0.3) is 10.2 Å². The first-order valence-corrected chi connectivity index (χ1v) is 7.82. The molecule has 1 heterocycles. The first-order valence-electron chi connectivity index (χ1n) is 6.38. The molecule has 1 fully saturated rings. The zero-order valence-corrected chi connectivity index (χ0v) is 12.4. The fraction of sp³-hybridized carbons (Fsp3) is 0.909. The molecule has 0 aromatic carbocycles. The number of nitrogens with one attached hydrogen (secondary N) is 1. The average molecular weight is 294 g/mol. The van der Waals surface area contributed by atoms with Gasteiger partial charge in [-0.05, 0) is 26.7 Å². The molecule has 1 aliphatic heterocycles. The van der Waals surface area contributed by atoms with E-state index in [0.29, 0.717) is 19.4 Å². The molecule has 0 bridgehead atoms. The van der Waals surface area contributed by atoms with E-state index < -0.39 is 22.2 Å². The Hall–Kier alpha value is -0.700. The average Bonchev–Trinajstić information content (AvgIpc) is 2.86. The lowest BCUT2D eigenvalue weighted by Crippen LogP contribution is -2.48. The van der Waals surface area contributed by atoms with Crippen molar-refractivity contribution in [2.45, 2.75) is 38.8 Å². The monoisotopic (exact) mass is 294 g/mol. The Morgan fingerprint density at radius 2 is 2.21 bits per heavy atom. The second kappa shape index (κ2) is 7.18. The third-order valence-electron chi connectivity index (χ3n) is 3.03. The van der Waals surface area contributed by atoms with Crippen LogP contribution < -0.4 is 4.72 Å². The van der Waals surface area contributed by atoms with Gasteiger partial charge in [0.1, 0.15) is 6.04 Å². The standard InChI is InChI=1S/C11H22N2O5S/c1-4-18-11(14)10-6-5-7-13(10)19(15,16)12-8-9(2)17-3/h9-10,12H,4-8H2,1-3H3. The summed E-state index contributed by atoms with van der Waals surface area (Å²) < 4.78 is 37.7. The van der Waals surface area contributed by atoms with Crippen LogP contribution in [0.2, 0.25) is 0 Å². The molecule has 0 amide bonds. The van der Waals surface area contributed by atoms with E-state index in [0.717, 1.165) is 0 Å². The van der Waals surface area contributed by atoms with Crippen LogP contribution in [0.15, 0.2) is 0 Å². The summed E-state index contributed by atoms with van der Waals surface area (Å²) in [6.45, 7) is 4.21. The SMILES string of the molecule is CCOC(=O)C1CCCN1S(=O)(=O)NCC(C)OC. The number of rotatable bonds is 7. The second-order valence-corrected chi connectivity index (χ2v) is 6.13. The lowest BCUT2D eigenvalue weighted by Gasteiger charge is -2.23. The van der Waals surface area contributed by atoms with E-state index in [1.165, 1.54) is 11.4 Å². The summed E-state index contributed by atoms with van der Waals surface area (Å²) in [5, 5.41) is 0. The maximum Gasteiger partial charge on any atom is 0.324 e. The lowest BCUT2D eigenvalue weighted by molar-refractivity contribution is -0.146. The van der Waals surface area contributed by atoms with E-state index >= 15 is 0 Å². The van der Waals surface area contributed by atoms with Crippen molar-refractivity contribution < 1.29 is 22.7 Å². The molecule has 1 rings (SSSR count). The molecule has 19 heavy (non-hydrogen) atoms. The molecule has 0 aromatic rings. The topological polar surface area (TPSA) is 84.9 Å². The minimum atomic E-state index is -3.68. The maximum absolute atomic E-state index is 12.1. The van der Waals surface area contributed by atoms with E-state index in [1.54, 1.807) is 13.8 Å². The predicted octanol–water partition coefficient (Wildman–Crippen LogP) is -0.117. The minimum Gasteiger partial charge on any atom is -0.465 e. The van der Waals surface area contributed by atoms with E-state index in [2.05, 4.69) is 4.72 Å². The molecule has 112 valence electrons. The Kier molecular flexibility index (Phi) is 6.18. The molecule has 7 nitrogen and oxygen atoms in total. The Bertz CT molecular complexity index is 398. The minimum absolute atomic E-state index is 0.172. The summed E-state index contributed by atoms with van der Waals surface area (Å²) in [4.78, 5) is 11.7. The Morgan fingerprint density at radius 1 is 1.53 bits per heavy atom. The number of nitrogens with zero attached hydrogens (tertiary/aromatic N) is 1. The molecule has 2 atom stereocenters. The van der Waals surface area contributed by atoms with Crippen LogP contribution in [-0.2, 0) is 24.5 Å². The van der Waals surface area contributed by atoms with Gasteiger partial charge in [-0.15, -0.1) is 0 Å². The summed E-state index contributed by atoms with van der Waals surface area (Å²) in [5.41, 5.74) is 0. The van der Waals surface area contributed by atoms with Crippen LogP contribution in [0.25, 0.3) is 0 Å². The summed E-state index contributed by atoms with van der Waals surface area (Å²) in [6.07, 6.45) is 0.933. The van der Waals surface area contributed by atoms with Crippen molar-refractivity contribution in [2.75, 3.05) is 26.8 Å². The second-order valence-electron chi connectivity index (χ2n) is 4.42. The zero-order chi connectivity index (χ0) is 14.5. The van der Waals surface area contributed by atoms with E-state index in [-0.39, 0.29) is 19.3 Å². The van der Waals surface area contributed by atoms with Crippen LogP contribution in [0, 0.1) is 0 Å². The van der Waals surface area contributed by atoms with Crippen LogP contribution in [0.5, 0.6) is 0 Å². The molecule has 2 unspecified atom stereocenters. The fourth-order valence-corrected chi connectivity index (χ4v) is 3.40. The van der Waals surface area contributed by atoms with Gasteiger partial charge in [0, 0.05) is 20.2 Å².